The number of unbranched alkanes of at least 4 members (excludes halogenated alkanes) is 2. The van der Waals surface area contributed by atoms with Gasteiger partial charge in [-0.1, -0.05) is 19.8 Å². The summed E-state index contributed by atoms with van der Waals surface area (Å²) in [6.45, 7) is 2.12. The zero-order valence-corrected chi connectivity index (χ0v) is 8.86. The van der Waals surface area contributed by atoms with Gasteiger partial charge in [0.1, 0.15) is 0 Å². The summed E-state index contributed by atoms with van der Waals surface area (Å²) < 4.78 is 0. The minimum atomic E-state index is -1.03. The van der Waals surface area contributed by atoms with E-state index in [4.69, 9.17) is 10.8 Å². The number of carboxylic acids is 1. The third-order valence-corrected chi connectivity index (χ3v) is 2.16. The van der Waals surface area contributed by atoms with Crippen LogP contribution in [0.2, 0.25) is 0 Å². The van der Waals surface area contributed by atoms with E-state index >= 15 is 0 Å². The van der Waals surface area contributed by atoms with Crippen LogP contribution < -0.4 is 5.73 Å². The molecular formula is C11H16N2O2. The number of rotatable bonds is 5. The summed E-state index contributed by atoms with van der Waals surface area (Å²) in [7, 11) is 0. The number of nitrogens with two attached hydrogens (primary N) is 1. The van der Waals surface area contributed by atoms with Gasteiger partial charge in [0.15, 0.2) is 5.69 Å². The summed E-state index contributed by atoms with van der Waals surface area (Å²) >= 11 is 0. The van der Waals surface area contributed by atoms with Crippen LogP contribution in [0.1, 0.15) is 42.4 Å². The maximum atomic E-state index is 10.7. The predicted molar refractivity (Wildman–Crippen MR) is 58.8 cm³/mol. The van der Waals surface area contributed by atoms with Crippen LogP contribution in [0, 0.1) is 0 Å². The topological polar surface area (TPSA) is 76.2 Å². The van der Waals surface area contributed by atoms with Crippen molar-refractivity contribution < 1.29 is 9.90 Å². The SMILES string of the molecule is CCCCCc1cc(N)cc(C(=O)O)n1. The summed E-state index contributed by atoms with van der Waals surface area (Å²) in [5.74, 6) is -1.03. The second-order valence-corrected chi connectivity index (χ2v) is 3.54. The first kappa shape index (κ1) is 11.5. The van der Waals surface area contributed by atoms with Gasteiger partial charge in [-0.15, -0.1) is 0 Å². The van der Waals surface area contributed by atoms with Gasteiger partial charge in [-0.2, -0.15) is 0 Å². The Labute approximate surface area is 89.1 Å². The standard InChI is InChI=1S/C11H16N2O2/c1-2-3-4-5-9-6-8(12)7-10(13-9)11(14)15/h6-7H,2-5H2,1H3,(H2,12,13)(H,14,15). The normalized spacial score (nSPS) is 10.2. The molecule has 1 aromatic heterocycles. The zero-order chi connectivity index (χ0) is 11.3. The fourth-order valence-electron chi connectivity index (χ4n) is 1.40. The van der Waals surface area contributed by atoms with Crippen molar-refractivity contribution in [3.05, 3.63) is 23.5 Å². The molecule has 0 spiro atoms. The average Bonchev–Trinajstić information content (AvgIpc) is 2.17. The van der Waals surface area contributed by atoms with Crippen LogP contribution in [-0.4, -0.2) is 16.1 Å². The van der Waals surface area contributed by atoms with Crippen LogP contribution in [0.3, 0.4) is 0 Å². The first-order valence-electron chi connectivity index (χ1n) is 5.13. The van der Waals surface area contributed by atoms with E-state index in [-0.39, 0.29) is 5.69 Å². The van der Waals surface area contributed by atoms with Crippen LogP contribution >= 0.6 is 0 Å². The summed E-state index contributed by atoms with van der Waals surface area (Å²) in [5, 5.41) is 8.79. The molecule has 0 aromatic carbocycles. The van der Waals surface area contributed by atoms with Crippen molar-refractivity contribution >= 4 is 11.7 Å². The van der Waals surface area contributed by atoms with E-state index < -0.39 is 5.97 Å². The quantitative estimate of drug-likeness (QED) is 0.726. The number of hydrogen-bond donors (Lipinski definition) is 2. The van der Waals surface area contributed by atoms with Gasteiger partial charge >= 0.3 is 5.97 Å². The Balaban J connectivity index is 2.75. The van der Waals surface area contributed by atoms with E-state index in [9.17, 15) is 4.79 Å². The summed E-state index contributed by atoms with van der Waals surface area (Å²) in [4.78, 5) is 14.7. The smallest absolute Gasteiger partial charge is 0.354 e. The zero-order valence-electron chi connectivity index (χ0n) is 8.86. The maximum Gasteiger partial charge on any atom is 0.354 e. The molecule has 0 aliphatic heterocycles. The highest BCUT2D eigenvalue weighted by Crippen LogP contribution is 2.11. The largest absolute Gasteiger partial charge is 0.477 e. The van der Waals surface area contributed by atoms with Gasteiger partial charge in [-0.3, -0.25) is 0 Å². The van der Waals surface area contributed by atoms with Crippen LogP contribution in [0.4, 0.5) is 5.69 Å². The van der Waals surface area contributed by atoms with Gasteiger partial charge < -0.3 is 10.8 Å². The molecule has 1 rings (SSSR count). The molecule has 82 valence electrons. The van der Waals surface area contributed by atoms with Gasteiger partial charge in [-0.05, 0) is 25.0 Å². The Morgan fingerprint density at radius 3 is 2.80 bits per heavy atom. The Bertz CT molecular complexity index is 350. The maximum absolute atomic E-state index is 10.7. The Morgan fingerprint density at radius 2 is 2.20 bits per heavy atom. The van der Waals surface area contributed by atoms with Crippen molar-refractivity contribution in [3.63, 3.8) is 0 Å². The van der Waals surface area contributed by atoms with E-state index in [2.05, 4.69) is 11.9 Å². The van der Waals surface area contributed by atoms with E-state index in [1.165, 1.54) is 6.07 Å². The minimum Gasteiger partial charge on any atom is -0.477 e. The molecule has 0 fully saturated rings. The van der Waals surface area contributed by atoms with Crippen molar-refractivity contribution in [1.82, 2.24) is 4.98 Å². The van der Waals surface area contributed by atoms with E-state index in [1.807, 2.05) is 0 Å². The number of pyridine rings is 1. The molecule has 0 aliphatic carbocycles. The van der Waals surface area contributed by atoms with Crippen molar-refractivity contribution in [2.24, 2.45) is 0 Å². The lowest BCUT2D eigenvalue weighted by Gasteiger charge is -2.03. The van der Waals surface area contributed by atoms with E-state index in [0.29, 0.717) is 5.69 Å². The molecule has 15 heavy (non-hydrogen) atoms. The lowest BCUT2D eigenvalue weighted by Crippen LogP contribution is -2.05. The molecule has 0 saturated carbocycles. The van der Waals surface area contributed by atoms with E-state index in [0.717, 1.165) is 31.4 Å². The molecular weight excluding hydrogens is 192 g/mol. The third-order valence-electron chi connectivity index (χ3n) is 2.16. The van der Waals surface area contributed by atoms with Crippen molar-refractivity contribution in [1.29, 1.82) is 0 Å². The van der Waals surface area contributed by atoms with Crippen LogP contribution in [0.15, 0.2) is 12.1 Å². The lowest BCUT2D eigenvalue weighted by atomic mass is 10.1. The highest BCUT2D eigenvalue weighted by Gasteiger charge is 2.07. The molecule has 1 heterocycles. The van der Waals surface area contributed by atoms with Crippen molar-refractivity contribution in [2.75, 3.05) is 5.73 Å². The summed E-state index contributed by atoms with van der Waals surface area (Å²) in [5.41, 5.74) is 6.86. The number of aryl methyl sites for hydroxylation is 1. The van der Waals surface area contributed by atoms with Crippen molar-refractivity contribution in [3.8, 4) is 0 Å². The molecule has 4 heteroatoms. The molecule has 0 unspecified atom stereocenters. The second-order valence-electron chi connectivity index (χ2n) is 3.54. The monoisotopic (exact) mass is 208 g/mol. The van der Waals surface area contributed by atoms with Crippen LogP contribution in [-0.2, 0) is 6.42 Å². The fourth-order valence-corrected chi connectivity index (χ4v) is 1.40. The van der Waals surface area contributed by atoms with E-state index in [1.54, 1.807) is 6.07 Å². The predicted octanol–water partition coefficient (Wildman–Crippen LogP) is 2.09. The van der Waals surface area contributed by atoms with Gasteiger partial charge in [-0.25, -0.2) is 9.78 Å². The Hall–Kier alpha value is -1.58. The molecule has 4 nitrogen and oxygen atoms in total. The number of anilines is 1. The molecule has 3 N–H and O–H groups in total. The highest BCUT2D eigenvalue weighted by molar-refractivity contribution is 5.86. The molecule has 0 atom stereocenters. The number of carbonyl (C=O) groups is 1. The summed E-state index contributed by atoms with van der Waals surface area (Å²) in [6.07, 6.45) is 4.07. The molecule has 0 bridgehead atoms. The average molecular weight is 208 g/mol. The Kier molecular flexibility index (Phi) is 4.09. The number of aromatic carboxylic acids is 1. The fraction of sp³-hybridized carbons (Fsp3) is 0.455. The minimum absolute atomic E-state index is 0.0292. The Morgan fingerprint density at radius 1 is 1.47 bits per heavy atom. The van der Waals surface area contributed by atoms with Crippen molar-refractivity contribution in [2.45, 2.75) is 32.6 Å². The molecule has 1 aromatic rings. The van der Waals surface area contributed by atoms with Gasteiger partial charge in [0, 0.05) is 11.4 Å². The van der Waals surface area contributed by atoms with Gasteiger partial charge in [0.25, 0.3) is 0 Å². The third kappa shape index (κ3) is 3.58. The molecule has 0 aliphatic rings. The van der Waals surface area contributed by atoms with Crippen LogP contribution in [0.25, 0.3) is 0 Å². The lowest BCUT2D eigenvalue weighted by molar-refractivity contribution is 0.0690. The van der Waals surface area contributed by atoms with Gasteiger partial charge in [0.2, 0.25) is 0 Å². The number of nitrogen functional groups attached to an aromatic ring is 1. The second kappa shape index (κ2) is 5.34. The number of aromatic nitrogens is 1. The van der Waals surface area contributed by atoms with Gasteiger partial charge in [0.05, 0.1) is 0 Å². The first-order chi connectivity index (χ1) is 7.13. The molecule has 0 radical (unpaired) electrons. The van der Waals surface area contributed by atoms with Crippen LogP contribution in [0.5, 0.6) is 0 Å². The number of carboxylic acid groups (broad SMARTS) is 1. The number of hydrogen-bond acceptors (Lipinski definition) is 3. The molecule has 0 amide bonds. The first-order valence-corrected chi connectivity index (χ1v) is 5.13. The molecule has 0 saturated heterocycles. The number of nitrogens with zero attached hydrogens (tertiary/aromatic N) is 1. The highest BCUT2D eigenvalue weighted by atomic mass is 16.4. The summed E-state index contributed by atoms with van der Waals surface area (Å²) in [6, 6.07) is 3.12.